The van der Waals surface area contributed by atoms with Gasteiger partial charge < -0.3 is 5.32 Å². The number of rotatable bonds is 8. The quantitative estimate of drug-likeness (QED) is 0.352. The molecule has 1 aromatic heterocycles. The first-order chi connectivity index (χ1) is 17.6. The van der Waals surface area contributed by atoms with Gasteiger partial charge in [0.15, 0.2) is 0 Å². The Labute approximate surface area is 218 Å². The van der Waals surface area contributed by atoms with Crippen molar-refractivity contribution in [1.29, 1.82) is 0 Å². The minimum Gasteiger partial charge on any atom is -0.320 e. The van der Waals surface area contributed by atoms with Gasteiger partial charge in [-0.3, -0.25) is 4.79 Å². The van der Waals surface area contributed by atoms with Crippen molar-refractivity contribution in [3.8, 4) is 11.1 Å². The van der Waals surface area contributed by atoms with Crippen LogP contribution in [-0.2, 0) is 16.2 Å². The lowest BCUT2D eigenvalue weighted by Gasteiger charge is -2.30. The standard InChI is InChI=1S/C26H28F3N3O3S2/c1-2-3-15-37(34,35)32-13-11-18(12-14-32)25-31-23(17-36-25)24(33)30-22-10-5-4-9-21(22)19-7-6-8-20(16-19)26(27,28)29/h4-10,16-18H,2-3,11-15H2,1H3,(H,30,33). The lowest BCUT2D eigenvalue weighted by Crippen LogP contribution is -2.39. The number of para-hydroxylation sites is 1. The smallest absolute Gasteiger partial charge is 0.320 e. The normalized spacial score (nSPS) is 15.6. The average molecular weight is 552 g/mol. The molecule has 0 atom stereocenters. The summed E-state index contributed by atoms with van der Waals surface area (Å²) in [6.45, 7) is 2.83. The zero-order valence-corrected chi connectivity index (χ0v) is 21.9. The molecule has 4 rings (SSSR count). The van der Waals surface area contributed by atoms with Crippen molar-refractivity contribution in [3.05, 3.63) is 70.2 Å². The fourth-order valence-electron chi connectivity index (χ4n) is 4.31. The number of nitrogens with one attached hydrogen (secondary N) is 1. The van der Waals surface area contributed by atoms with E-state index < -0.39 is 27.7 Å². The summed E-state index contributed by atoms with van der Waals surface area (Å²) >= 11 is 1.36. The highest BCUT2D eigenvalue weighted by Crippen LogP contribution is 2.35. The Kier molecular flexibility index (Phi) is 8.35. The van der Waals surface area contributed by atoms with Crippen LogP contribution in [0.1, 0.15) is 59.6 Å². The molecule has 1 N–H and O–H groups in total. The van der Waals surface area contributed by atoms with E-state index in [1.807, 2.05) is 6.92 Å². The second kappa shape index (κ2) is 11.3. The first-order valence-electron chi connectivity index (χ1n) is 12.1. The van der Waals surface area contributed by atoms with E-state index >= 15 is 0 Å². The van der Waals surface area contributed by atoms with Gasteiger partial charge in [0.1, 0.15) is 5.69 Å². The number of unbranched alkanes of at least 4 members (excludes halogenated alkanes) is 1. The van der Waals surface area contributed by atoms with E-state index in [0.29, 0.717) is 49.2 Å². The summed E-state index contributed by atoms with van der Waals surface area (Å²) in [5.74, 6) is -0.222. The van der Waals surface area contributed by atoms with E-state index in [4.69, 9.17) is 0 Å². The molecular weight excluding hydrogens is 523 g/mol. The number of halogens is 3. The van der Waals surface area contributed by atoms with Gasteiger partial charge in [-0.1, -0.05) is 43.7 Å². The molecule has 6 nitrogen and oxygen atoms in total. The van der Waals surface area contributed by atoms with Gasteiger partial charge in [-0.25, -0.2) is 17.7 Å². The SMILES string of the molecule is CCCCS(=O)(=O)N1CCC(c2nc(C(=O)Nc3ccccc3-c3cccc(C(F)(F)F)c3)cs2)CC1. The van der Waals surface area contributed by atoms with Crippen LogP contribution in [0.2, 0.25) is 0 Å². The lowest BCUT2D eigenvalue weighted by atomic mass is 9.99. The predicted molar refractivity (Wildman–Crippen MR) is 139 cm³/mol. The molecule has 198 valence electrons. The van der Waals surface area contributed by atoms with Crippen molar-refractivity contribution in [2.24, 2.45) is 0 Å². The molecule has 0 spiro atoms. The minimum absolute atomic E-state index is 0.0709. The van der Waals surface area contributed by atoms with Crippen LogP contribution in [0.5, 0.6) is 0 Å². The minimum atomic E-state index is -4.47. The number of benzene rings is 2. The second-order valence-electron chi connectivity index (χ2n) is 8.99. The molecule has 1 saturated heterocycles. The summed E-state index contributed by atoms with van der Waals surface area (Å²) in [6, 6.07) is 11.6. The Morgan fingerprint density at radius 1 is 1.14 bits per heavy atom. The topological polar surface area (TPSA) is 79.4 Å². The van der Waals surface area contributed by atoms with Crippen LogP contribution < -0.4 is 5.32 Å². The van der Waals surface area contributed by atoms with Gasteiger partial charge in [-0.15, -0.1) is 11.3 Å². The largest absolute Gasteiger partial charge is 0.416 e. The van der Waals surface area contributed by atoms with Crippen LogP contribution in [0.3, 0.4) is 0 Å². The molecule has 1 amide bonds. The highest BCUT2D eigenvalue weighted by molar-refractivity contribution is 7.89. The predicted octanol–water partition coefficient (Wildman–Crippen LogP) is 6.39. The third-order valence-electron chi connectivity index (χ3n) is 6.38. The molecule has 2 heterocycles. The van der Waals surface area contributed by atoms with E-state index in [1.54, 1.807) is 40.0 Å². The Balaban J connectivity index is 1.44. The maximum Gasteiger partial charge on any atom is 0.416 e. The maximum atomic E-state index is 13.2. The number of aromatic nitrogens is 1. The fourth-order valence-corrected chi connectivity index (χ4v) is 6.96. The molecule has 3 aromatic rings. The third kappa shape index (κ3) is 6.58. The Morgan fingerprint density at radius 2 is 1.86 bits per heavy atom. The molecule has 0 radical (unpaired) electrons. The zero-order valence-electron chi connectivity index (χ0n) is 20.3. The number of hydrogen-bond acceptors (Lipinski definition) is 5. The van der Waals surface area contributed by atoms with Gasteiger partial charge in [-0.2, -0.15) is 13.2 Å². The fraction of sp³-hybridized carbons (Fsp3) is 0.385. The summed E-state index contributed by atoms with van der Waals surface area (Å²) in [5.41, 5.74) is 0.641. The summed E-state index contributed by atoms with van der Waals surface area (Å²) in [5, 5.41) is 5.22. The highest BCUT2D eigenvalue weighted by Gasteiger charge is 2.31. The summed E-state index contributed by atoms with van der Waals surface area (Å²) < 4.78 is 66.0. The molecule has 37 heavy (non-hydrogen) atoms. The van der Waals surface area contributed by atoms with Gasteiger partial charge in [0.2, 0.25) is 10.0 Å². The van der Waals surface area contributed by atoms with Crippen LogP contribution in [0, 0.1) is 0 Å². The van der Waals surface area contributed by atoms with Crippen LogP contribution in [-0.4, -0.2) is 42.5 Å². The van der Waals surface area contributed by atoms with Crippen molar-refractivity contribution in [2.75, 3.05) is 24.2 Å². The number of sulfonamides is 1. The monoisotopic (exact) mass is 551 g/mol. The van der Waals surface area contributed by atoms with E-state index in [9.17, 15) is 26.4 Å². The number of piperidine rings is 1. The number of carbonyl (C=O) groups is 1. The molecule has 0 saturated carbocycles. The van der Waals surface area contributed by atoms with Gasteiger partial charge in [-0.05, 0) is 43.0 Å². The molecule has 1 aliphatic rings. The summed E-state index contributed by atoms with van der Waals surface area (Å²) in [6.07, 6.45) is -1.73. The van der Waals surface area contributed by atoms with Crippen molar-refractivity contribution in [1.82, 2.24) is 9.29 Å². The number of thiazole rings is 1. The number of anilines is 1. The number of carbonyl (C=O) groups excluding carboxylic acids is 1. The summed E-state index contributed by atoms with van der Waals surface area (Å²) in [4.78, 5) is 17.5. The first kappa shape index (κ1) is 27.3. The van der Waals surface area contributed by atoms with Gasteiger partial charge in [0, 0.05) is 35.6 Å². The number of amides is 1. The van der Waals surface area contributed by atoms with Crippen molar-refractivity contribution in [2.45, 2.75) is 44.7 Å². The summed E-state index contributed by atoms with van der Waals surface area (Å²) in [7, 11) is -3.24. The van der Waals surface area contributed by atoms with Crippen molar-refractivity contribution in [3.63, 3.8) is 0 Å². The molecule has 0 aliphatic carbocycles. The Hall–Kier alpha value is -2.76. The highest BCUT2D eigenvalue weighted by atomic mass is 32.2. The van der Waals surface area contributed by atoms with Crippen LogP contribution in [0.15, 0.2) is 53.9 Å². The van der Waals surface area contributed by atoms with Gasteiger partial charge >= 0.3 is 6.18 Å². The van der Waals surface area contributed by atoms with E-state index in [2.05, 4.69) is 10.3 Å². The van der Waals surface area contributed by atoms with Crippen LogP contribution in [0.25, 0.3) is 11.1 Å². The number of nitrogens with zero attached hydrogens (tertiary/aromatic N) is 2. The molecule has 11 heteroatoms. The van der Waals surface area contributed by atoms with Crippen molar-refractivity contribution < 1.29 is 26.4 Å². The molecular formula is C26H28F3N3O3S2. The molecule has 2 aromatic carbocycles. The Morgan fingerprint density at radius 3 is 2.57 bits per heavy atom. The second-order valence-corrected chi connectivity index (χ2v) is 12.0. The zero-order chi connectivity index (χ0) is 26.6. The van der Waals surface area contributed by atoms with Crippen LogP contribution >= 0.6 is 11.3 Å². The molecule has 1 aliphatic heterocycles. The van der Waals surface area contributed by atoms with Gasteiger partial charge in [0.05, 0.1) is 16.3 Å². The van der Waals surface area contributed by atoms with Crippen molar-refractivity contribution >= 4 is 33.0 Å². The maximum absolute atomic E-state index is 13.2. The van der Waals surface area contributed by atoms with Gasteiger partial charge in [0.25, 0.3) is 5.91 Å². The van der Waals surface area contributed by atoms with E-state index in [-0.39, 0.29) is 17.4 Å². The number of hydrogen-bond donors (Lipinski definition) is 1. The van der Waals surface area contributed by atoms with E-state index in [1.165, 1.54) is 17.4 Å². The molecule has 1 fully saturated rings. The Bertz CT molecular complexity index is 1350. The van der Waals surface area contributed by atoms with E-state index in [0.717, 1.165) is 23.6 Å². The number of alkyl halides is 3. The third-order valence-corrected chi connectivity index (χ3v) is 9.35. The molecule has 0 bridgehead atoms. The lowest BCUT2D eigenvalue weighted by molar-refractivity contribution is -0.137. The average Bonchev–Trinajstić information content (AvgIpc) is 3.38. The van der Waals surface area contributed by atoms with Crippen LogP contribution in [0.4, 0.5) is 18.9 Å². The first-order valence-corrected chi connectivity index (χ1v) is 14.6. The molecule has 0 unspecified atom stereocenters.